The molecule has 0 spiro atoms. The first-order chi connectivity index (χ1) is 18.8. The summed E-state index contributed by atoms with van der Waals surface area (Å²) in [6.45, 7) is 15.0. The maximum atomic E-state index is 3.73. The van der Waals surface area contributed by atoms with E-state index in [1.807, 2.05) is 12.2 Å². The van der Waals surface area contributed by atoms with E-state index >= 15 is 0 Å². The van der Waals surface area contributed by atoms with Crippen molar-refractivity contribution >= 4 is 36.0 Å². The van der Waals surface area contributed by atoms with E-state index in [1.165, 1.54) is 55.7 Å². The van der Waals surface area contributed by atoms with Crippen LogP contribution < -0.4 is 0 Å². The molecule has 0 saturated carbocycles. The average Bonchev–Trinajstić information content (AvgIpc) is 3.16. The summed E-state index contributed by atoms with van der Waals surface area (Å²) in [7, 11) is 0. The van der Waals surface area contributed by atoms with Crippen LogP contribution in [-0.2, 0) is 5.41 Å². The highest BCUT2D eigenvalue weighted by molar-refractivity contribution is 5.84. The minimum absolute atomic E-state index is 0.0925. The molecule has 0 amide bonds. The van der Waals surface area contributed by atoms with Crippen molar-refractivity contribution in [3.8, 4) is 0 Å². The second-order valence-corrected chi connectivity index (χ2v) is 11.0. The first kappa shape index (κ1) is 27.9. The van der Waals surface area contributed by atoms with Gasteiger partial charge in [0.25, 0.3) is 0 Å². The Bertz CT molecular complexity index is 1510. The van der Waals surface area contributed by atoms with Crippen molar-refractivity contribution in [2.75, 3.05) is 0 Å². The molecule has 0 unspecified atom stereocenters. The van der Waals surface area contributed by atoms with Gasteiger partial charge in [-0.2, -0.15) is 0 Å². The van der Waals surface area contributed by atoms with Gasteiger partial charge in [-0.05, 0) is 77.8 Å². The first-order valence-electron chi connectivity index (χ1n) is 13.8. The Morgan fingerprint density at radius 2 is 1.51 bits per heavy atom. The molecule has 0 atom stereocenters. The van der Waals surface area contributed by atoms with Gasteiger partial charge in [-0.15, -0.1) is 0 Å². The Kier molecular flexibility index (Phi) is 8.99. The first-order valence-corrected chi connectivity index (χ1v) is 13.8. The lowest BCUT2D eigenvalue weighted by Crippen LogP contribution is -2.15. The molecule has 0 fully saturated rings. The largest absolute Gasteiger partial charge is 0.0991 e. The zero-order chi connectivity index (χ0) is 27.8. The topological polar surface area (TPSA) is 0 Å². The number of hydrogen-bond donors (Lipinski definition) is 0. The Hall–Kier alpha value is -4.16. The summed E-state index contributed by atoms with van der Waals surface area (Å²) in [6, 6.07) is 24.2. The molecule has 196 valence electrons. The number of allylic oxidation sites excluding steroid dienone is 8. The number of hydrogen-bond acceptors (Lipinski definition) is 0. The fourth-order valence-electron chi connectivity index (χ4n) is 4.93. The van der Waals surface area contributed by atoms with E-state index in [9.17, 15) is 0 Å². The van der Waals surface area contributed by atoms with Gasteiger partial charge in [0.2, 0.25) is 0 Å². The molecule has 0 aliphatic heterocycles. The van der Waals surface area contributed by atoms with Gasteiger partial charge in [0.05, 0.1) is 0 Å². The second-order valence-electron chi connectivity index (χ2n) is 11.0. The molecule has 0 bridgehead atoms. The Balaban J connectivity index is 1.65. The molecule has 1 aliphatic rings. The van der Waals surface area contributed by atoms with Gasteiger partial charge in [-0.3, -0.25) is 0 Å². The maximum absolute atomic E-state index is 3.73. The second kappa shape index (κ2) is 12.6. The van der Waals surface area contributed by atoms with Gasteiger partial charge in [0.1, 0.15) is 0 Å². The normalized spacial score (nSPS) is 15.4. The molecule has 4 rings (SSSR count). The van der Waals surface area contributed by atoms with Crippen LogP contribution in [0.1, 0.15) is 80.0 Å². The monoisotopic (exact) mass is 508 g/mol. The van der Waals surface area contributed by atoms with Crippen molar-refractivity contribution in [3.05, 3.63) is 154 Å². The van der Waals surface area contributed by atoms with Crippen molar-refractivity contribution < 1.29 is 0 Å². The molecule has 0 heteroatoms. The summed E-state index contributed by atoms with van der Waals surface area (Å²) in [5.41, 5.74) is 13.0. The van der Waals surface area contributed by atoms with Crippen LogP contribution in [0.4, 0.5) is 0 Å². The summed E-state index contributed by atoms with van der Waals surface area (Å²) >= 11 is 0. The van der Waals surface area contributed by atoms with Gasteiger partial charge < -0.3 is 0 Å². The maximum Gasteiger partial charge on any atom is 0.0112 e. The smallest absolute Gasteiger partial charge is 0.0112 e. The molecular weight excluding hydrogens is 468 g/mol. The molecule has 0 N–H and O–H groups in total. The predicted molar refractivity (Wildman–Crippen MR) is 175 cm³/mol. The molecular formula is C39H40. The quantitative estimate of drug-likeness (QED) is 0.199. The summed E-state index contributed by atoms with van der Waals surface area (Å²) in [6.07, 6.45) is 22.3. The molecule has 1 aliphatic carbocycles. The van der Waals surface area contributed by atoms with Crippen LogP contribution in [-0.4, -0.2) is 0 Å². The lowest BCUT2D eigenvalue weighted by Gasteiger charge is -2.22. The fraction of sp³-hybridized carbons (Fsp3) is 0.179. The van der Waals surface area contributed by atoms with E-state index in [2.05, 4.69) is 150 Å². The van der Waals surface area contributed by atoms with E-state index < -0.39 is 0 Å². The molecule has 3 aromatic carbocycles. The zero-order valence-electron chi connectivity index (χ0n) is 24.0. The summed E-state index contributed by atoms with van der Waals surface area (Å²) in [5, 5.41) is 0. The molecule has 0 heterocycles. The third-order valence-electron chi connectivity index (χ3n) is 7.62. The SMILES string of the molecule is C=C/C=C\C=C/C/C(C)=C/c1cc(/C=C/c2ccc3c(c2)C(C)(C)C(C)=C3)ccc1/C=C(\C)c1ccccc1. The third kappa shape index (κ3) is 7.03. The van der Waals surface area contributed by atoms with Crippen molar-refractivity contribution in [3.63, 3.8) is 0 Å². The van der Waals surface area contributed by atoms with Crippen LogP contribution in [0.25, 0.3) is 36.0 Å². The van der Waals surface area contributed by atoms with Gasteiger partial charge in [0, 0.05) is 5.41 Å². The van der Waals surface area contributed by atoms with E-state index in [0.29, 0.717) is 0 Å². The lowest BCUT2D eigenvalue weighted by atomic mass is 9.81. The minimum atomic E-state index is 0.0925. The highest BCUT2D eigenvalue weighted by atomic mass is 14.3. The van der Waals surface area contributed by atoms with Gasteiger partial charge in [-0.25, -0.2) is 0 Å². The van der Waals surface area contributed by atoms with Gasteiger partial charge >= 0.3 is 0 Å². The van der Waals surface area contributed by atoms with E-state index in [4.69, 9.17) is 0 Å². The van der Waals surface area contributed by atoms with Crippen molar-refractivity contribution in [1.29, 1.82) is 0 Å². The molecule has 0 nitrogen and oxygen atoms in total. The minimum Gasteiger partial charge on any atom is -0.0991 e. The highest BCUT2D eigenvalue weighted by Gasteiger charge is 2.29. The lowest BCUT2D eigenvalue weighted by molar-refractivity contribution is 0.639. The molecule has 39 heavy (non-hydrogen) atoms. The fourth-order valence-corrected chi connectivity index (χ4v) is 4.93. The Labute approximate surface area is 235 Å². The molecule has 3 aromatic rings. The van der Waals surface area contributed by atoms with Crippen LogP contribution in [0.2, 0.25) is 0 Å². The van der Waals surface area contributed by atoms with E-state index in [0.717, 1.165) is 6.42 Å². The average molecular weight is 509 g/mol. The van der Waals surface area contributed by atoms with Crippen molar-refractivity contribution in [2.24, 2.45) is 0 Å². The standard InChI is InChI=1S/C39H40/c1-7-8-9-10-12-15-29(2)24-37-27-32(20-22-35(37)25-30(3)34-16-13-11-14-17-34)18-19-33-21-23-36-26-31(4)39(5,6)38(36)28-33/h7-14,16-28H,1,15H2,2-6H3/b9-8-,12-10-,19-18+,29-24+,30-25+. The molecule has 0 saturated heterocycles. The third-order valence-corrected chi connectivity index (χ3v) is 7.62. The van der Waals surface area contributed by atoms with Crippen LogP contribution in [0.3, 0.4) is 0 Å². The molecule has 0 radical (unpaired) electrons. The van der Waals surface area contributed by atoms with Crippen LogP contribution in [0, 0.1) is 0 Å². The van der Waals surface area contributed by atoms with Crippen molar-refractivity contribution in [2.45, 2.75) is 46.5 Å². The van der Waals surface area contributed by atoms with Gasteiger partial charge in [-0.1, -0.05) is 153 Å². The van der Waals surface area contributed by atoms with E-state index in [1.54, 1.807) is 6.08 Å². The Morgan fingerprint density at radius 3 is 2.26 bits per heavy atom. The summed E-state index contributed by atoms with van der Waals surface area (Å²) in [4.78, 5) is 0. The number of fused-ring (bicyclic) bond motifs is 1. The molecule has 0 aromatic heterocycles. The van der Waals surface area contributed by atoms with Crippen LogP contribution in [0.5, 0.6) is 0 Å². The van der Waals surface area contributed by atoms with Gasteiger partial charge in [0.15, 0.2) is 0 Å². The number of benzene rings is 3. The van der Waals surface area contributed by atoms with Crippen LogP contribution >= 0.6 is 0 Å². The predicted octanol–water partition coefficient (Wildman–Crippen LogP) is 11.2. The number of rotatable bonds is 9. The highest BCUT2D eigenvalue weighted by Crippen LogP contribution is 2.41. The van der Waals surface area contributed by atoms with Crippen molar-refractivity contribution in [1.82, 2.24) is 0 Å². The van der Waals surface area contributed by atoms with E-state index in [-0.39, 0.29) is 5.41 Å². The summed E-state index contributed by atoms with van der Waals surface area (Å²) < 4.78 is 0. The van der Waals surface area contributed by atoms with Crippen LogP contribution in [0.15, 0.2) is 115 Å². The Morgan fingerprint density at radius 1 is 0.795 bits per heavy atom. The summed E-state index contributed by atoms with van der Waals surface area (Å²) in [5.74, 6) is 0. The zero-order valence-corrected chi connectivity index (χ0v) is 24.0.